The lowest BCUT2D eigenvalue weighted by atomic mass is 10.3. The topological polar surface area (TPSA) is 55.7 Å². The minimum Gasteiger partial charge on any atom is -0.263 e. The Kier molecular flexibility index (Phi) is 1.59. The van der Waals surface area contributed by atoms with Crippen LogP contribution in [0.25, 0.3) is 11.4 Å². The Morgan fingerprint density at radius 3 is 3.00 bits per heavy atom. The second kappa shape index (κ2) is 2.73. The lowest BCUT2D eigenvalue weighted by Gasteiger charge is -1.86. The van der Waals surface area contributed by atoms with Gasteiger partial charge < -0.3 is 0 Å². The average molecular weight is 161 g/mol. The Bertz CT molecular complexity index is 366. The molecule has 0 amide bonds. The molecule has 0 spiro atoms. The van der Waals surface area contributed by atoms with E-state index in [1.54, 1.807) is 0 Å². The normalized spacial score (nSPS) is 10.1. The van der Waals surface area contributed by atoms with Gasteiger partial charge in [-0.3, -0.25) is 5.10 Å². The molecular weight excluding hydrogens is 152 g/mol. The van der Waals surface area contributed by atoms with E-state index >= 15 is 0 Å². The molecule has 0 aliphatic rings. The molecule has 0 bridgehead atoms. The first-order chi connectivity index (χ1) is 5.86. The first-order valence-electron chi connectivity index (χ1n) is 3.72. The van der Waals surface area contributed by atoms with E-state index in [9.17, 15) is 0 Å². The summed E-state index contributed by atoms with van der Waals surface area (Å²) in [4.78, 5) is 7.17. The van der Waals surface area contributed by atoms with Gasteiger partial charge in [0.2, 0.25) is 0 Å². The third kappa shape index (κ3) is 1.18. The monoisotopic (exact) mass is 161 g/mol. The first-order valence-corrected chi connectivity index (χ1v) is 3.72. The van der Waals surface area contributed by atoms with E-state index in [-0.39, 0.29) is 0 Å². The van der Waals surface area contributed by atoms with E-state index in [0.717, 1.165) is 17.2 Å². The van der Waals surface area contributed by atoms with Gasteiger partial charge in [-0.15, -0.1) is 0 Å². The fourth-order valence-corrected chi connectivity index (χ4v) is 1.00. The van der Waals surface area contributed by atoms with E-state index in [2.05, 4.69) is 20.2 Å². The van der Waals surface area contributed by atoms with Crippen LogP contribution in [0.4, 0.5) is 0 Å². The summed E-state index contributed by atoms with van der Waals surface area (Å²) >= 11 is 0. The summed E-state index contributed by atoms with van der Waals surface area (Å²) in [5, 5.41) is 6.82. The number of rotatable bonds is 1. The molecule has 0 aliphatic heterocycles. The number of nitrogens with zero attached hydrogens (tertiary/aromatic N) is 2. The summed E-state index contributed by atoms with van der Waals surface area (Å²) in [5.74, 6) is 1.55. The van der Waals surface area contributed by atoms with Crippen molar-refractivity contribution >= 4 is 0 Å². The van der Waals surface area contributed by atoms with Crippen LogP contribution in [0.5, 0.6) is 0 Å². The van der Waals surface area contributed by atoms with Gasteiger partial charge in [-0.2, -0.15) is 5.10 Å². The van der Waals surface area contributed by atoms with Crippen molar-refractivity contribution in [3.8, 4) is 11.4 Å². The fraction of sp³-hybridized carbons (Fsp3) is 0.125. The van der Waals surface area contributed by atoms with Crippen molar-refractivity contribution < 1.29 is 4.98 Å². The van der Waals surface area contributed by atoms with Gasteiger partial charge in [0.15, 0.2) is 18.2 Å². The molecule has 2 heterocycles. The predicted octanol–water partition coefficient (Wildman–Crippen LogP) is 0.594. The van der Waals surface area contributed by atoms with Crippen molar-refractivity contribution in [3.05, 3.63) is 30.4 Å². The Labute approximate surface area is 69.7 Å². The van der Waals surface area contributed by atoms with Gasteiger partial charge in [0, 0.05) is 6.07 Å². The molecule has 2 rings (SSSR count). The summed E-state index contributed by atoms with van der Waals surface area (Å²) in [6.45, 7) is 1.88. The molecule has 0 aliphatic carbocycles. The molecule has 0 saturated carbocycles. The lowest BCUT2D eigenvalue weighted by molar-refractivity contribution is -0.377. The molecule has 4 heteroatoms. The average Bonchev–Trinajstić information content (AvgIpc) is 2.54. The van der Waals surface area contributed by atoms with Gasteiger partial charge in [-0.25, -0.2) is 9.97 Å². The summed E-state index contributed by atoms with van der Waals surface area (Å²) in [6, 6.07) is 3.88. The standard InChI is InChI=1S/C8H8N4/c1-6-10-8(12-11-6)7-3-2-4-9-5-7/h2-5H,1H3,(H,10,11,12)/p+1. The van der Waals surface area contributed by atoms with E-state index < -0.39 is 0 Å². The van der Waals surface area contributed by atoms with Gasteiger partial charge >= 0.3 is 0 Å². The largest absolute Gasteiger partial charge is 0.263 e. The highest BCUT2D eigenvalue weighted by molar-refractivity contribution is 5.51. The minimum absolute atomic E-state index is 0.726. The van der Waals surface area contributed by atoms with Gasteiger partial charge in [-0.1, -0.05) is 0 Å². The molecule has 0 saturated heterocycles. The maximum absolute atomic E-state index is 4.19. The summed E-state index contributed by atoms with van der Waals surface area (Å²) < 4.78 is 0. The lowest BCUT2D eigenvalue weighted by Crippen LogP contribution is -1.98. The third-order valence-corrected chi connectivity index (χ3v) is 1.56. The molecule has 2 aromatic heterocycles. The van der Waals surface area contributed by atoms with Gasteiger partial charge in [0.25, 0.3) is 0 Å². The van der Waals surface area contributed by atoms with Crippen LogP contribution in [0, 0.1) is 6.92 Å². The van der Waals surface area contributed by atoms with Crippen LogP contribution in [0.2, 0.25) is 0 Å². The molecule has 12 heavy (non-hydrogen) atoms. The molecule has 60 valence electrons. The fourth-order valence-electron chi connectivity index (χ4n) is 1.00. The van der Waals surface area contributed by atoms with Crippen LogP contribution in [0.15, 0.2) is 24.5 Å². The molecule has 0 aromatic carbocycles. The number of aromatic nitrogens is 4. The van der Waals surface area contributed by atoms with E-state index in [0.29, 0.717) is 0 Å². The number of H-pyrrole nitrogens is 2. The maximum Gasteiger partial charge on any atom is 0.187 e. The predicted molar refractivity (Wildman–Crippen MR) is 43.1 cm³/mol. The number of aromatic amines is 2. The Morgan fingerprint density at radius 2 is 2.42 bits per heavy atom. The maximum atomic E-state index is 4.19. The molecule has 0 radical (unpaired) electrons. The highest BCUT2D eigenvalue weighted by Gasteiger charge is 2.03. The first kappa shape index (κ1) is 6.97. The molecule has 4 nitrogen and oxygen atoms in total. The zero-order valence-electron chi connectivity index (χ0n) is 6.70. The molecule has 0 fully saturated rings. The Morgan fingerprint density at radius 1 is 1.50 bits per heavy atom. The third-order valence-electron chi connectivity index (χ3n) is 1.56. The summed E-state index contributed by atoms with van der Waals surface area (Å²) in [6.07, 6.45) is 3.71. The van der Waals surface area contributed by atoms with Gasteiger partial charge in [-0.05, 0) is 13.0 Å². The molecule has 2 N–H and O–H groups in total. The second-order valence-electron chi connectivity index (χ2n) is 2.54. The summed E-state index contributed by atoms with van der Waals surface area (Å²) in [5.41, 5.74) is 0.988. The van der Waals surface area contributed by atoms with Crippen LogP contribution in [-0.4, -0.2) is 15.2 Å². The van der Waals surface area contributed by atoms with E-state index in [1.807, 2.05) is 31.5 Å². The van der Waals surface area contributed by atoms with Crippen molar-refractivity contribution in [1.29, 1.82) is 0 Å². The van der Waals surface area contributed by atoms with Gasteiger partial charge in [0.1, 0.15) is 5.82 Å². The number of nitrogens with one attached hydrogen (secondary N) is 2. The van der Waals surface area contributed by atoms with Crippen molar-refractivity contribution in [1.82, 2.24) is 15.2 Å². The SMILES string of the molecule is Cc1nc(-c2ccc[nH+]c2)n[nH]1. The number of hydrogen-bond donors (Lipinski definition) is 1. The van der Waals surface area contributed by atoms with Crippen molar-refractivity contribution in [2.24, 2.45) is 0 Å². The van der Waals surface area contributed by atoms with E-state index in [4.69, 9.17) is 0 Å². The number of aryl methyl sites for hydroxylation is 1. The molecule has 0 atom stereocenters. The number of pyridine rings is 1. The van der Waals surface area contributed by atoms with E-state index in [1.165, 1.54) is 0 Å². The summed E-state index contributed by atoms with van der Waals surface area (Å²) in [7, 11) is 0. The van der Waals surface area contributed by atoms with Gasteiger partial charge in [0.05, 0.1) is 5.56 Å². The zero-order chi connectivity index (χ0) is 8.39. The molecule has 0 unspecified atom stereocenters. The second-order valence-corrected chi connectivity index (χ2v) is 2.54. The van der Waals surface area contributed by atoms with Crippen LogP contribution < -0.4 is 4.98 Å². The molecular formula is C8H9N4+. The highest BCUT2D eigenvalue weighted by Crippen LogP contribution is 2.09. The Balaban J connectivity index is 2.45. The van der Waals surface area contributed by atoms with Crippen molar-refractivity contribution in [2.45, 2.75) is 6.92 Å². The molecule has 2 aromatic rings. The smallest absolute Gasteiger partial charge is 0.187 e. The van der Waals surface area contributed by atoms with Crippen molar-refractivity contribution in [3.63, 3.8) is 0 Å². The van der Waals surface area contributed by atoms with Crippen LogP contribution in [-0.2, 0) is 0 Å². The zero-order valence-corrected chi connectivity index (χ0v) is 6.70. The van der Waals surface area contributed by atoms with Crippen LogP contribution >= 0.6 is 0 Å². The van der Waals surface area contributed by atoms with Crippen LogP contribution in [0.3, 0.4) is 0 Å². The quantitative estimate of drug-likeness (QED) is 0.665. The van der Waals surface area contributed by atoms with Crippen LogP contribution in [0.1, 0.15) is 5.82 Å². The Hall–Kier alpha value is -1.71. The number of hydrogen-bond acceptors (Lipinski definition) is 2. The minimum atomic E-state index is 0.726. The van der Waals surface area contributed by atoms with Crippen molar-refractivity contribution in [2.75, 3.05) is 0 Å². The highest BCUT2D eigenvalue weighted by atomic mass is 15.2.